The van der Waals surface area contributed by atoms with Crippen LogP contribution in [0.15, 0.2) is 30.0 Å². The number of pyridine rings is 3. The second-order valence-corrected chi connectivity index (χ2v) is 14.3. The second-order valence-electron chi connectivity index (χ2n) is 12.4. The molecule has 0 spiro atoms. The van der Waals surface area contributed by atoms with E-state index in [1.807, 2.05) is 46.8 Å². The first-order chi connectivity index (χ1) is 32.9. The van der Waals surface area contributed by atoms with Crippen LogP contribution in [0.1, 0.15) is 81.1 Å². The number of halogens is 5. The van der Waals surface area contributed by atoms with E-state index in [4.69, 9.17) is 132 Å². The third-order valence-corrected chi connectivity index (χ3v) is 8.88. The van der Waals surface area contributed by atoms with E-state index in [-0.39, 0.29) is 93.6 Å². The van der Waals surface area contributed by atoms with E-state index in [2.05, 4.69) is 35.3 Å². The van der Waals surface area contributed by atoms with Gasteiger partial charge in [-0.1, -0.05) is 58.0 Å². The van der Waals surface area contributed by atoms with Gasteiger partial charge in [0.15, 0.2) is 17.2 Å². The molecule has 4 heterocycles. The average molecular weight is 1080 g/mol. The van der Waals surface area contributed by atoms with Crippen LogP contribution in [0.4, 0.5) is 0 Å². The van der Waals surface area contributed by atoms with Crippen molar-refractivity contribution >= 4 is 64.3 Å². The number of nitrogens with two attached hydrogens (primary N) is 1. The van der Waals surface area contributed by atoms with Gasteiger partial charge in [0.2, 0.25) is 0 Å². The van der Waals surface area contributed by atoms with E-state index in [1.54, 1.807) is 31.3 Å². The number of carbonyl (C=O) groups excluding carboxylic acids is 1. The number of hydrogen-bond acceptors (Lipinski definition) is 18. The van der Waals surface area contributed by atoms with E-state index >= 15 is 0 Å². The summed E-state index contributed by atoms with van der Waals surface area (Å²) in [6.07, 6.45) is 4.89. The summed E-state index contributed by atoms with van der Waals surface area (Å²) in [5, 5.41) is 65.2. The van der Waals surface area contributed by atoms with Gasteiger partial charge >= 0.3 is 29.6 Å². The third-order valence-electron chi connectivity index (χ3n) is 7.18. The summed E-state index contributed by atoms with van der Waals surface area (Å²) in [5.41, 5.74) is 7.08. The molecule has 0 aliphatic carbocycles. The number of nitrogens with zero attached hydrogens (tertiary/aromatic N) is 10. The Balaban J connectivity index is -0.000000246. The van der Waals surface area contributed by atoms with Gasteiger partial charge in [-0.15, -0.1) is 0 Å². The molecule has 20 nitrogen and oxygen atoms in total. The predicted molar refractivity (Wildman–Crippen MR) is 261 cm³/mol. The molecule has 6 N–H and O–H groups in total. The molecule has 0 bridgehead atoms. The zero-order valence-corrected chi connectivity index (χ0v) is 45.4. The molecule has 0 radical (unpaired) electrons. The van der Waals surface area contributed by atoms with Crippen molar-refractivity contribution in [3.63, 3.8) is 0 Å². The maximum atomic E-state index is 10.3. The van der Waals surface area contributed by atoms with E-state index in [0.29, 0.717) is 86.6 Å². The Labute approximate surface area is 457 Å². The van der Waals surface area contributed by atoms with Gasteiger partial charge in [-0.25, -0.2) is 31.6 Å². The first-order valence-electron chi connectivity index (χ1n) is 20.0. The molecule has 3 aromatic rings. The fourth-order valence-corrected chi connectivity index (χ4v) is 5.39. The Morgan fingerprint density at radius 3 is 1.87 bits per heavy atom. The summed E-state index contributed by atoms with van der Waals surface area (Å²) in [4.78, 5) is 27.4. The Bertz CT molecular complexity index is 2340. The smallest absolute Gasteiger partial charge is 1.00 e. The van der Waals surface area contributed by atoms with Crippen molar-refractivity contribution in [2.24, 2.45) is 5.73 Å². The first kappa shape index (κ1) is 71.6. The SMILES string of the molecule is CCOC(C)(C)OCC.N#Cc1c(Cl)ncc(C=O)c1Cl.N#Cc1c(Cl)ncc(CNCCO)c1Cl.N#Cc1c(Cl)ncc2c1OCCNC2.NCCO.[C-]#[N+]/C(C#N)=C(\C)OCC.[C-]#[N+]CC#N.[H-].[Na+]. The van der Waals surface area contributed by atoms with Crippen LogP contribution in [-0.2, 0) is 27.3 Å². The van der Waals surface area contributed by atoms with E-state index < -0.39 is 5.79 Å². The van der Waals surface area contributed by atoms with Gasteiger partial charge in [-0.05, 0) is 41.5 Å². The molecule has 0 saturated carbocycles. The maximum absolute atomic E-state index is 10.3. The van der Waals surface area contributed by atoms with Crippen molar-refractivity contribution in [3.05, 3.63) is 112 Å². The molecule has 372 valence electrons. The average Bonchev–Trinajstić information content (AvgIpc) is 3.58. The van der Waals surface area contributed by atoms with Gasteiger partial charge in [-0.3, -0.25) is 4.79 Å². The number of nitriles is 5. The topological polar surface area (TPSA) is 311 Å². The molecule has 0 saturated heterocycles. The number of carbonyl (C=O) groups is 1. The number of nitrogens with one attached hydrogen (secondary N) is 2. The van der Waals surface area contributed by atoms with Crippen molar-refractivity contribution in [2.75, 3.05) is 65.8 Å². The van der Waals surface area contributed by atoms with Crippen LogP contribution >= 0.6 is 58.0 Å². The molecule has 0 atom stereocenters. The fraction of sp³-hybridized carbons (Fsp3) is 0.432. The van der Waals surface area contributed by atoms with Crippen molar-refractivity contribution in [1.82, 2.24) is 25.6 Å². The standard InChI is InChI=1S/C9H9Cl2N3O.C9H8ClN3O.C7H2Cl2N2O.C7H8N2O.C7H16O2.C3H2N2.C2H7NO.Na.H/c10-8-6(4-13-1-2-15)5-14-9(11)7(8)3-12;10-9-7(3-11)8-6(5-13-9)4-12-1-2-14-8;8-6-4(3-12)2-11-7(9)5(6)1-10;1-4-10-6(2)7(5-8)9-3;1-5-8-7(3,4)9-6-2;1-5-3-2-4;3-1-2-4;;/h5,13,15H,1-2,4H2;5,12H,1-2,4H2;2-3H;4H2,1-2H3;5-6H2,1-4H3;3H2;4H,1-3H2;;/q;;;;;;;+1;-1/b;;;7-6+;;;;;. The van der Waals surface area contributed by atoms with E-state index in [0.717, 1.165) is 12.1 Å². The largest absolute Gasteiger partial charge is 1.00 e. The molecular weight excluding hydrogens is 1020 g/mol. The van der Waals surface area contributed by atoms with Crippen molar-refractivity contribution in [1.29, 1.82) is 26.3 Å². The monoisotopic (exact) mass is 1070 g/mol. The van der Waals surface area contributed by atoms with Crippen LogP contribution in [0.25, 0.3) is 9.69 Å². The van der Waals surface area contributed by atoms with Crippen LogP contribution in [0.2, 0.25) is 25.5 Å². The number of rotatable bonds is 12. The molecule has 1 aliphatic rings. The number of ether oxygens (including phenoxy) is 4. The van der Waals surface area contributed by atoms with Crippen LogP contribution in [0.3, 0.4) is 0 Å². The normalized spacial score (nSPS) is 10.5. The van der Waals surface area contributed by atoms with Gasteiger partial charge < -0.3 is 51.8 Å². The summed E-state index contributed by atoms with van der Waals surface area (Å²) in [5.74, 6) is 0.571. The van der Waals surface area contributed by atoms with Crippen LogP contribution < -0.4 is 50.7 Å². The van der Waals surface area contributed by atoms with Gasteiger partial charge in [-0.2, -0.15) is 21.0 Å². The van der Waals surface area contributed by atoms with Crippen molar-refractivity contribution in [3.8, 4) is 36.1 Å². The minimum atomic E-state index is -0.399. The number of allylic oxidation sites excluding steroid dienone is 2. The molecule has 0 amide bonds. The number of aldehydes is 1. The Morgan fingerprint density at radius 2 is 1.44 bits per heavy atom. The fourth-order valence-electron chi connectivity index (χ4n) is 4.27. The Morgan fingerprint density at radius 1 is 0.914 bits per heavy atom. The summed E-state index contributed by atoms with van der Waals surface area (Å²) in [6.45, 7) is 29.0. The second kappa shape index (κ2) is 45.2. The van der Waals surface area contributed by atoms with Gasteiger partial charge in [0.05, 0.1) is 48.1 Å². The summed E-state index contributed by atoms with van der Waals surface area (Å²) in [6, 6.07) is 9.05. The summed E-state index contributed by atoms with van der Waals surface area (Å²) < 4.78 is 20.9. The van der Waals surface area contributed by atoms with Gasteiger partial charge in [0.1, 0.15) is 69.4 Å². The molecule has 0 aromatic carbocycles. The van der Waals surface area contributed by atoms with Crippen molar-refractivity contribution in [2.45, 2.75) is 60.4 Å². The number of aromatic nitrogens is 3. The van der Waals surface area contributed by atoms with Gasteiger partial charge in [0, 0.05) is 75.7 Å². The van der Waals surface area contributed by atoms with E-state index in [9.17, 15) is 4.79 Å². The molecule has 0 unspecified atom stereocenters. The first-order valence-corrected chi connectivity index (χ1v) is 21.9. The Hall–Kier alpha value is -4.94. The molecule has 26 heteroatoms. The number of aliphatic hydroxyl groups is 2. The zero-order chi connectivity index (χ0) is 53.2. The van der Waals surface area contributed by atoms with Crippen LogP contribution in [0.5, 0.6) is 5.75 Å². The minimum absolute atomic E-state index is 0. The van der Waals surface area contributed by atoms with Crippen molar-refractivity contribution < 1.29 is 64.9 Å². The molecule has 70 heavy (non-hydrogen) atoms. The van der Waals surface area contributed by atoms with Crippen LogP contribution in [0, 0.1) is 69.8 Å². The summed E-state index contributed by atoms with van der Waals surface area (Å²) >= 11 is 28.6. The number of aliphatic hydroxyl groups excluding tert-OH is 2. The molecule has 1 aliphatic heterocycles. The molecule has 4 rings (SSSR count). The number of fused-ring (bicyclic) bond motifs is 1. The maximum Gasteiger partial charge on any atom is 1.00 e. The van der Waals surface area contributed by atoms with Gasteiger partial charge in [0.25, 0.3) is 12.2 Å². The molecular formula is C44H53Cl5N13NaO7. The predicted octanol–water partition coefficient (Wildman–Crippen LogP) is 4.48. The van der Waals surface area contributed by atoms with Crippen LogP contribution in [-0.4, -0.2) is 103 Å². The summed E-state index contributed by atoms with van der Waals surface area (Å²) in [7, 11) is 0. The zero-order valence-electron chi connectivity index (χ0n) is 40.7. The minimum Gasteiger partial charge on any atom is -1.00 e. The Kier molecular flexibility index (Phi) is 46.3. The number of hydrogen-bond donors (Lipinski definition) is 5. The molecule has 0 fully saturated rings. The third kappa shape index (κ3) is 30.6. The molecule has 3 aromatic heterocycles. The van der Waals surface area contributed by atoms with E-state index in [1.165, 1.54) is 12.4 Å². The quantitative estimate of drug-likeness (QED) is 0.0192.